The van der Waals surface area contributed by atoms with Crippen molar-refractivity contribution in [1.82, 2.24) is 14.5 Å². The Labute approximate surface area is 140 Å². The predicted octanol–water partition coefficient (Wildman–Crippen LogP) is 4.07. The highest BCUT2D eigenvalue weighted by Gasteiger charge is 2.21. The minimum Gasteiger partial charge on any atom is -0.335 e. The molecule has 3 heteroatoms. The van der Waals surface area contributed by atoms with Crippen LogP contribution in [0.4, 0.5) is 0 Å². The quantitative estimate of drug-likeness (QED) is 0.768. The molecule has 0 bridgehead atoms. The summed E-state index contributed by atoms with van der Waals surface area (Å²) in [5.74, 6) is 1.14. The van der Waals surface area contributed by atoms with Gasteiger partial charge < -0.3 is 9.47 Å². The topological polar surface area (TPSA) is 21.1 Å². The number of imidazole rings is 1. The summed E-state index contributed by atoms with van der Waals surface area (Å²) >= 11 is 0. The summed E-state index contributed by atoms with van der Waals surface area (Å²) in [5, 5.41) is 0. The first-order valence-corrected chi connectivity index (χ1v) is 9.08. The average Bonchev–Trinajstić information content (AvgIpc) is 3.00. The first-order valence-electron chi connectivity index (χ1n) is 9.08. The van der Waals surface area contributed by atoms with E-state index in [1.54, 1.807) is 0 Å². The standard InChI is InChI=1S/C20H29N3/c1-18-21-13-17-22(18)16-12-20-11-5-6-14-23(20)15-7-10-19-8-3-2-4-9-19/h2-4,8-9,13,17,20H,5-7,10-12,14-16H2,1H3. The second-order valence-corrected chi connectivity index (χ2v) is 6.73. The van der Waals surface area contributed by atoms with E-state index >= 15 is 0 Å². The molecule has 124 valence electrons. The van der Waals surface area contributed by atoms with Gasteiger partial charge in [0.1, 0.15) is 5.82 Å². The Hall–Kier alpha value is -1.61. The molecule has 1 fully saturated rings. The van der Waals surface area contributed by atoms with Crippen molar-refractivity contribution in [3.8, 4) is 0 Å². The molecule has 3 nitrogen and oxygen atoms in total. The lowest BCUT2D eigenvalue weighted by Gasteiger charge is -2.36. The summed E-state index contributed by atoms with van der Waals surface area (Å²) in [5.41, 5.74) is 1.47. The second kappa shape index (κ2) is 8.30. The fraction of sp³-hybridized carbons (Fsp3) is 0.550. The van der Waals surface area contributed by atoms with Gasteiger partial charge in [0.25, 0.3) is 0 Å². The summed E-state index contributed by atoms with van der Waals surface area (Å²) in [6, 6.07) is 11.6. The van der Waals surface area contributed by atoms with Crippen molar-refractivity contribution >= 4 is 0 Å². The maximum atomic E-state index is 4.33. The van der Waals surface area contributed by atoms with E-state index < -0.39 is 0 Å². The van der Waals surface area contributed by atoms with Gasteiger partial charge in [-0.25, -0.2) is 4.98 Å². The van der Waals surface area contributed by atoms with Crippen LogP contribution in [0.15, 0.2) is 42.7 Å². The smallest absolute Gasteiger partial charge is 0.105 e. The van der Waals surface area contributed by atoms with Crippen LogP contribution >= 0.6 is 0 Å². The van der Waals surface area contributed by atoms with Crippen LogP contribution in [0.2, 0.25) is 0 Å². The van der Waals surface area contributed by atoms with Gasteiger partial charge in [0.2, 0.25) is 0 Å². The molecule has 2 heterocycles. The van der Waals surface area contributed by atoms with Gasteiger partial charge in [-0.15, -0.1) is 0 Å². The molecule has 1 aromatic heterocycles. The third-order valence-electron chi connectivity index (χ3n) is 5.13. The van der Waals surface area contributed by atoms with E-state index in [0.717, 1.165) is 18.4 Å². The summed E-state index contributed by atoms with van der Waals surface area (Å²) in [7, 11) is 0. The number of hydrogen-bond acceptors (Lipinski definition) is 2. The highest BCUT2D eigenvalue weighted by molar-refractivity contribution is 5.14. The van der Waals surface area contributed by atoms with E-state index in [9.17, 15) is 0 Å². The Morgan fingerprint density at radius 3 is 2.78 bits per heavy atom. The molecule has 1 unspecified atom stereocenters. The third-order valence-corrected chi connectivity index (χ3v) is 5.13. The van der Waals surface area contributed by atoms with E-state index in [2.05, 4.69) is 57.9 Å². The van der Waals surface area contributed by atoms with Gasteiger partial charge in [0, 0.05) is 25.0 Å². The van der Waals surface area contributed by atoms with Gasteiger partial charge in [-0.3, -0.25) is 0 Å². The fourth-order valence-electron chi connectivity index (χ4n) is 3.74. The maximum absolute atomic E-state index is 4.33. The first kappa shape index (κ1) is 16.3. The zero-order valence-corrected chi connectivity index (χ0v) is 14.3. The van der Waals surface area contributed by atoms with Crippen molar-refractivity contribution in [3.05, 3.63) is 54.1 Å². The first-order chi connectivity index (χ1) is 11.3. The van der Waals surface area contributed by atoms with Crippen molar-refractivity contribution in [2.45, 2.75) is 58.0 Å². The largest absolute Gasteiger partial charge is 0.335 e. The summed E-state index contributed by atoms with van der Waals surface area (Å²) in [6.07, 6.45) is 11.9. The average molecular weight is 311 g/mol. The van der Waals surface area contributed by atoms with Crippen LogP contribution < -0.4 is 0 Å². The minimum atomic E-state index is 0.751. The molecule has 0 aliphatic carbocycles. The van der Waals surface area contributed by atoms with Gasteiger partial charge in [-0.2, -0.15) is 0 Å². The Kier molecular flexibility index (Phi) is 5.87. The lowest BCUT2D eigenvalue weighted by molar-refractivity contribution is 0.134. The van der Waals surface area contributed by atoms with Crippen LogP contribution in [0.1, 0.15) is 43.5 Å². The van der Waals surface area contributed by atoms with Crippen LogP contribution in [0.25, 0.3) is 0 Å². The Bertz CT molecular complexity index is 576. The van der Waals surface area contributed by atoms with Crippen LogP contribution in [-0.4, -0.2) is 33.6 Å². The minimum absolute atomic E-state index is 0.751. The zero-order valence-electron chi connectivity index (χ0n) is 14.3. The number of likely N-dealkylation sites (tertiary alicyclic amines) is 1. The highest BCUT2D eigenvalue weighted by atomic mass is 15.2. The number of benzene rings is 1. The van der Waals surface area contributed by atoms with Crippen LogP contribution in [-0.2, 0) is 13.0 Å². The molecule has 1 atom stereocenters. The van der Waals surface area contributed by atoms with E-state index in [0.29, 0.717) is 0 Å². The number of aromatic nitrogens is 2. The van der Waals surface area contributed by atoms with Gasteiger partial charge >= 0.3 is 0 Å². The zero-order chi connectivity index (χ0) is 15.9. The number of piperidine rings is 1. The third kappa shape index (κ3) is 4.68. The Morgan fingerprint density at radius 1 is 1.13 bits per heavy atom. The number of nitrogens with zero attached hydrogens (tertiary/aromatic N) is 3. The van der Waals surface area contributed by atoms with Gasteiger partial charge in [-0.05, 0) is 57.7 Å². The van der Waals surface area contributed by atoms with Crippen molar-refractivity contribution in [2.24, 2.45) is 0 Å². The lowest BCUT2D eigenvalue weighted by Crippen LogP contribution is -2.40. The maximum Gasteiger partial charge on any atom is 0.105 e. The van der Waals surface area contributed by atoms with Crippen molar-refractivity contribution in [1.29, 1.82) is 0 Å². The molecule has 2 aromatic rings. The molecule has 1 aromatic carbocycles. The summed E-state index contributed by atoms with van der Waals surface area (Å²) in [4.78, 5) is 7.07. The van der Waals surface area contributed by atoms with E-state index in [1.807, 2.05) is 6.20 Å². The normalized spacial score (nSPS) is 19.1. The molecule has 3 rings (SSSR count). The Morgan fingerprint density at radius 2 is 2.00 bits per heavy atom. The fourth-order valence-corrected chi connectivity index (χ4v) is 3.74. The molecular formula is C20H29N3. The molecule has 0 saturated carbocycles. The van der Waals surface area contributed by atoms with Gasteiger partial charge in [-0.1, -0.05) is 36.8 Å². The van der Waals surface area contributed by atoms with E-state index in [4.69, 9.17) is 0 Å². The number of aryl methyl sites for hydroxylation is 3. The molecule has 0 amide bonds. The van der Waals surface area contributed by atoms with Crippen molar-refractivity contribution in [3.63, 3.8) is 0 Å². The van der Waals surface area contributed by atoms with Crippen LogP contribution in [0, 0.1) is 6.92 Å². The molecule has 0 radical (unpaired) electrons. The molecule has 0 N–H and O–H groups in total. The predicted molar refractivity (Wildman–Crippen MR) is 95.6 cm³/mol. The molecule has 23 heavy (non-hydrogen) atoms. The van der Waals surface area contributed by atoms with Crippen LogP contribution in [0.5, 0.6) is 0 Å². The van der Waals surface area contributed by atoms with E-state index in [1.165, 1.54) is 57.2 Å². The molecule has 1 aliphatic rings. The van der Waals surface area contributed by atoms with Crippen molar-refractivity contribution < 1.29 is 0 Å². The van der Waals surface area contributed by atoms with Crippen molar-refractivity contribution in [2.75, 3.05) is 13.1 Å². The molecule has 1 aliphatic heterocycles. The molecular weight excluding hydrogens is 282 g/mol. The molecule has 1 saturated heterocycles. The lowest BCUT2D eigenvalue weighted by atomic mass is 9.98. The van der Waals surface area contributed by atoms with E-state index in [-0.39, 0.29) is 0 Å². The highest BCUT2D eigenvalue weighted by Crippen LogP contribution is 2.21. The van der Waals surface area contributed by atoms with Gasteiger partial charge in [0.05, 0.1) is 0 Å². The molecule has 0 spiro atoms. The number of rotatable bonds is 7. The van der Waals surface area contributed by atoms with Crippen LogP contribution in [0.3, 0.4) is 0 Å². The monoisotopic (exact) mass is 311 g/mol. The summed E-state index contributed by atoms with van der Waals surface area (Å²) < 4.78 is 2.29. The Balaban J connectivity index is 1.47. The number of hydrogen-bond donors (Lipinski definition) is 0. The van der Waals surface area contributed by atoms with Gasteiger partial charge in [0.15, 0.2) is 0 Å². The summed E-state index contributed by atoms with van der Waals surface area (Å²) in [6.45, 7) is 5.72. The SMILES string of the molecule is Cc1nccn1CCC1CCCCN1CCCc1ccccc1. The second-order valence-electron chi connectivity index (χ2n) is 6.73.